The Morgan fingerprint density at radius 2 is 1.74 bits per heavy atom. The molecule has 3 atom stereocenters. The van der Waals surface area contributed by atoms with Crippen LogP contribution in [0.5, 0.6) is 0 Å². The topological polar surface area (TPSA) is 88.0 Å². The fourth-order valence-electron chi connectivity index (χ4n) is 3.60. The van der Waals surface area contributed by atoms with Crippen molar-refractivity contribution >= 4 is 55.6 Å². The zero-order valence-corrected chi connectivity index (χ0v) is 23.7. The molecule has 0 amide bonds. The summed E-state index contributed by atoms with van der Waals surface area (Å²) in [5.41, 5.74) is -1.88. The number of pyridine rings is 3. The van der Waals surface area contributed by atoms with E-state index in [1.54, 1.807) is 18.2 Å². The summed E-state index contributed by atoms with van der Waals surface area (Å²) in [6.07, 6.45) is -2.17. The van der Waals surface area contributed by atoms with Crippen LogP contribution in [0, 0.1) is 0 Å². The minimum absolute atomic E-state index is 0.160. The van der Waals surface area contributed by atoms with Crippen LogP contribution in [0.15, 0.2) is 48.1 Å². The largest absolute Gasteiger partial charge is 0.421 e. The molecular formula is C25H23Cl2F3N4O2S2. The highest BCUT2D eigenvalue weighted by Gasteiger charge is 2.51. The first-order chi connectivity index (χ1) is 17.6. The SMILES string of the molecule is CC(C)(C)[S@](=O)NC(c1nc(Cl)ccc1Cl)c1csc2c(-c3cc(C(C)(O)C(F)(F)F)ccn3)nccc12. The lowest BCUT2D eigenvalue weighted by molar-refractivity contribution is -0.258. The number of aliphatic hydroxyl groups is 1. The van der Waals surface area contributed by atoms with Crippen LogP contribution in [-0.4, -0.2) is 35.2 Å². The minimum Gasteiger partial charge on any atom is -0.376 e. The van der Waals surface area contributed by atoms with Crippen molar-refractivity contribution in [2.75, 3.05) is 0 Å². The second-order valence-electron chi connectivity index (χ2n) is 9.66. The quantitative estimate of drug-likeness (QED) is 0.233. The molecule has 38 heavy (non-hydrogen) atoms. The lowest BCUT2D eigenvalue weighted by Crippen LogP contribution is -2.39. The molecule has 0 saturated carbocycles. The molecule has 0 saturated heterocycles. The third-order valence-electron chi connectivity index (χ3n) is 5.84. The van der Waals surface area contributed by atoms with Gasteiger partial charge in [0.05, 0.1) is 42.9 Å². The van der Waals surface area contributed by atoms with Gasteiger partial charge in [-0.05, 0) is 74.5 Å². The van der Waals surface area contributed by atoms with Gasteiger partial charge in [0.15, 0.2) is 5.60 Å². The van der Waals surface area contributed by atoms with Gasteiger partial charge in [0.25, 0.3) is 0 Å². The molecule has 2 unspecified atom stereocenters. The Morgan fingerprint density at radius 1 is 1.05 bits per heavy atom. The summed E-state index contributed by atoms with van der Waals surface area (Å²) in [5.74, 6) is 0. The molecule has 0 aliphatic rings. The van der Waals surface area contributed by atoms with Gasteiger partial charge in [-0.15, -0.1) is 11.3 Å². The number of aromatic nitrogens is 3. The van der Waals surface area contributed by atoms with Crippen molar-refractivity contribution < 1.29 is 22.5 Å². The van der Waals surface area contributed by atoms with Crippen LogP contribution < -0.4 is 4.72 Å². The van der Waals surface area contributed by atoms with Gasteiger partial charge in [-0.2, -0.15) is 13.2 Å². The lowest BCUT2D eigenvalue weighted by Gasteiger charge is -2.26. The first-order valence-corrected chi connectivity index (χ1v) is 14.0. The molecule has 0 aromatic carbocycles. The third kappa shape index (κ3) is 5.59. The Labute approximate surface area is 233 Å². The molecule has 0 aliphatic heterocycles. The van der Waals surface area contributed by atoms with Crippen molar-refractivity contribution in [1.82, 2.24) is 19.7 Å². The molecule has 6 nitrogen and oxygen atoms in total. The molecule has 4 aromatic heterocycles. The van der Waals surface area contributed by atoms with Gasteiger partial charge in [0.1, 0.15) is 10.8 Å². The van der Waals surface area contributed by atoms with Crippen molar-refractivity contribution in [2.45, 2.75) is 50.3 Å². The lowest BCUT2D eigenvalue weighted by atomic mass is 9.95. The van der Waals surface area contributed by atoms with Crippen molar-refractivity contribution in [1.29, 1.82) is 0 Å². The van der Waals surface area contributed by atoms with E-state index in [0.717, 1.165) is 6.07 Å². The van der Waals surface area contributed by atoms with E-state index < -0.39 is 33.6 Å². The summed E-state index contributed by atoms with van der Waals surface area (Å²) in [6.45, 7) is 6.16. The Balaban J connectivity index is 1.87. The maximum Gasteiger partial charge on any atom is 0.421 e. The van der Waals surface area contributed by atoms with E-state index in [1.165, 1.54) is 29.8 Å². The van der Waals surface area contributed by atoms with E-state index in [1.807, 2.05) is 26.2 Å². The number of halogens is 5. The second-order valence-corrected chi connectivity index (χ2v) is 13.3. The summed E-state index contributed by atoms with van der Waals surface area (Å²) in [6, 6.07) is 6.46. The van der Waals surface area contributed by atoms with Crippen molar-refractivity contribution in [3.63, 3.8) is 0 Å². The summed E-state index contributed by atoms with van der Waals surface area (Å²) >= 11 is 13.9. The van der Waals surface area contributed by atoms with Crippen LogP contribution in [-0.2, 0) is 16.6 Å². The molecule has 0 spiro atoms. The van der Waals surface area contributed by atoms with Crippen molar-refractivity contribution in [3.8, 4) is 11.4 Å². The molecule has 2 N–H and O–H groups in total. The molecule has 13 heteroatoms. The number of fused-ring (bicyclic) bond motifs is 1. The van der Waals surface area contributed by atoms with Gasteiger partial charge in [-0.3, -0.25) is 9.97 Å². The molecule has 0 bridgehead atoms. The zero-order valence-electron chi connectivity index (χ0n) is 20.6. The Kier molecular flexibility index (Phi) is 7.92. The number of nitrogens with zero attached hydrogens (tertiary/aromatic N) is 3. The number of alkyl halides is 3. The first kappa shape index (κ1) is 28.8. The average molecular weight is 604 g/mol. The predicted molar refractivity (Wildman–Crippen MR) is 146 cm³/mol. The number of nitrogens with one attached hydrogen (secondary N) is 1. The predicted octanol–water partition coefficient (Wildman–Crippen LogP) is 6.97. The van der Waals surface area contributed by atoms with Crippen LogP contribution in [0.25, 0.3) is 21.5 Å². The summed E-state index contributed by atoms with van der Waals surface area (Å²) in [5, 5.41) is 13.2. The van der Waals surface area contributed by atoms with Crippen LogP contribution in [0.1, 0.15) is 50.6 Å². The van der Waals surface area contributed by atoms with Gasteiger partial charge in [-0.25, -0.2) is 13.9 Å². The highest BCUT2D eigenvalue weighted by atomic mass is 35.5. The third-order valence-corrected chi connectivity index (χ3v) is 8.95. The highest BCUT2D eigenvalue weighted by Crippen LogP contribution is 2.42. The Bertz CT molecular complexity index is 1520. The van der Waals surface area contributed by atoms with Crippen molar-refractivity contribution in [2.24, 2.45) is 0 Å². The Hall–Kier alpha value is -2.15. The van der Waals surface area contributed by atoms with Crippen LogP contribution in [0.3, 0.4) is 0 Å². The number of hydrogen-bond donors (Lipinski definition) is 2. The van der Waals surface area contributed by atoms with Crippen LogP contribution in [0.4, 0.5) is 13.2 Å². The van der Waals surface area contributed by atoms with Crippen LogP contribution in [0.2, 0.25) is 10.2 Å². The molecule has 202 valence electrons. The standard InChI is InChI=1S/C25H23Cl2F3N4O2S2/c1-23(2,3)38(36)34-19(20-16(26)5-6-18(27)33-20)15-12-37-22-14(15)8-10-32-21(22)17-11-13(7-9-31-17)24(4,35)25(28,29)30/h5-12,19,34-35H,1-4H3/t19?,24?,38-/m0/s1. The zero-order chi connectivity index (χ0) is 28.0. The molecule has 0 aliphatic carbocycles. The maximum absolute atomic E-state index is 13.5. The normalized spacial score (nSPS) is 15.8. The highest BCUT2D eigenvalue weighted by molar-refractivity contribution is 7.84. The summed E-state index contributed by atoms with van der Waals surface area (Å²) in [7, 11) is -1.52. The van der Waals surface area contributed by atoms with Gasteiger partial charge < -0.3 is 5.11 Å². The van der Waals surface area contributed by atoms with E-state index in [2.05, 4.69) is 19.7 Å². The molecule has 4 heterocycles. The first-order valence-electron chi connectivity index (χ1n) is 11.2. The average Bonchev–Trinajstić information content (AvgIpc) is 3.27. The second kappa shape index (κ2) is 10.4. The maximum atomic E-state index is 13.5. The van der Waals surface area contributed by atoms with Gasteiger partial charge in [-0.1, -0.05) is 23.2 Å². The smallest absolute Gasteiger partial charge is 0.376 e. The molecule has 4 rings (SSSR count). The Morgan fingerprint density at radius 3 is 2.39 bits per heavy atom. The van der Waals surface area contributed by atoms with Crippen LogP contribution >= 0.6 is 34.5 Å². The van der Waals surface area contributed by atoms with E-state index in [0.29, 0.717) is 39.0 Å². The monoisotopic (exact) mass is 602 g/mol. The fraction of sp³-hybridized carbons (Fsp3) is 0.320. The van der Waals surface area contributed by atoms with Gasteiger partial charge in [0.2, 0.25) is 0 Å². The minimum atomic E-state index is -4.88. The summed E-state index contributed by atoms with van der Waals surface area (Å²) < 4.78 is 56.7. The summed E-state index contributed by atoms with van der Waals surface area (Å²) in [4.78, 5) is 13.0. The number of hydrogen-bond acceptors (Lipinski definition) is 6. The van der Waals surface area contributed by atoms with E-state index >= 15 is 0 Å². The number of rotatable bonds is 6. The fourth-order valence-corrected chi connectivity index (χ4v) is 5.86. The van der Waals surface area contributed by atoms with E-state index in [-0.39, 0.29) is 16.4 Å². The molecule has 4 aromatic rings. The molecule has 0 fully saturated rings. The van der Waals surface area contributed by atoms with E-state index in [4.69, 9.17) is 23.2 Å². The molecule has 0 radical (unpaired) electrons. The number of thiophene rings is 1. The van der Waals surface area contributed by atoms with Crippen molar-refractivity contribution in [3.05, 3.63) is 75.1 Å². The van der Waals surface area contributed by atoms with Gasteiger partial charge >= 0.3 is 6.18 Å². The molecular weight excluding hydrogens is 580 g/mol. The van der Waals surface area contributed by atoms with E-state index in [9.17, 15) is 22.5 Å². The van der Waals surface area contributed by atoms with Gasteiger partial charge in [0, 0.05) is 17.8 Å².